The average molecular weight is 408 g/mol. The molecule has 2 atom stereocenters. The third kappa shape index (κ3) is 3.21. The highest BCUT2D eigenvalue weighted by Crippen LogP contribution is 2.43. The van der Waals surface area contributed by atoms with Crippen molar-refractivity contribution in [1.82, 2.24) is 14.1 Å². The summed E-state index contributed by atoms with van der Waals surface area (Å²) < 4.78 is 31.9. The first-order chi connectivity index (χ1) is 13.2. The lowest BCUT2D eigenvalue weighted by atomic mass is 9.72. The Balaban J connectivity index is 1.59. The summed E-state index contributed by atoms with van der Waals surface area (Å²) in [5, 5.41) is 0. The summed E-state index contributed by atoms with van der Waals surface area (Å²) in [7, 11) is 1.87. The molecule has 3 aliphatic rings. The third-order valence-corrected chi connectivity index (χ3v) is 8.39. The molecule has 1 aromatic carbocycles. The summed E-state index contributed by atoms with van der Waals surface area (Å²) in [4.78, 5) is 17.2. The minimum atomic E-state index is -3.28. The minimum Gasteiger partial charge on any atom is -0.493 e. The van der Waals surface area contributed by atoms with Gasteiger partial charge in [-0.25, -0.2) is 12.7 Å². The second-order valence-electron chi connectivity index (χ2n) is 8.49. The van der Waals surface area contributed by atoms with E-state index in [1.54, 1.807) is 26.0 Å². The minimum absolute atomic E-state index is 0.0314. The summed E-state index contributed by atoms with van der Waals surface area (Å²) in [6, 6.07) is 6.05. The van der Waals surface area contributed by atoms with E-state index in [0.717, 1.165) is 31.9 Å². The number of rotatable bonds is 3. The number of benzene rings is 1. The molecule has 0 bridgehead atoms. The standard InChI is InChI=1S/C20H29N3O4S/c1-21(2)19(24)20-8-11-28(25,26)22(3)18(20)6-9-23(14-20)13-15-4-5-17-16(12-15)7-10-27-17/h4-5,12,18H,6-11,13-14H2,1-3H3/t18-,20+/m1/s1. The van der Waals surface area contributed by atoms with E-state index in [-0.39, 0.29) is 17.7 Å². The second kappa shape index (κ2) is 7.00. The molecule has 8 heteroatoms. The molecule has 1 aromatic rings. The third-order valence-electron chi connectivity index (χ3n) is 6.54. The Labute approximate surface area is 167 Å². The number of amides is 1. The highest BCUT2D eigenvalue weighted by atomic mass is 32.2. The maximum Gasteiger partial charge on any atom is 0.231 e. The van der Waals surface area contributed by atoms with Crippen molar-refractivity contribution in [3.05, 3.63) is 29.3 Å². The molecule has 3 aliphatic heterocycles. The first kappa shape index (κ1) is 19.7. The molecule has 0 radical (unpaired) electrons. The predicted octanol–water partition coefficient (Wildman–Crippen LogP) is 0.936. The molecular weight excluding hydrogens is 378 g/mol. The molecule has 0 unspecified atom stereocenters. The Bertz CT molecular complexity index is 885. The van der Waals surface area contributed by atoms with Crippen molar-refractivity contribution >= 4 is 15.9 Å². The van der Waals surface area contributed by atoms with Gasteiger partial charge in [-0.15, -0.1) is 0 Å². The average Bonchev–Trinajstić information content (AvgIpc) is 3.12. The van der Waals surface area contributed by atoms with E-state index in [9.17, 15) is 13.2 Å². The fourth-order valence-corrected chi connectivity index (χ4v) is 6.69. The lowest BCUT2D eigenvalue weighted by Gasteiger charge is -2.53. The Morgan fingerprint density at radius 2 is 2.14 bits per heavy atom. The maximum atomic E-state index is 13.2. The molecule has 0 spiro atoms. The van der Waals surface area contributed by atoms with Gasteiger partial charge in [0, 0.05) is 53.2 Å². The molecule has 0 aliphatic carbocycles. The Kier molecular flexibility index (Phi) is 4.92. The number of carbonyl (C=O) groups excluding carboxylic acids is 1. The van der Waals surface area contributed by atoms with E-state index in [4.69, 9.17) is 4.74 Å². The highest BCUT2D eigenvalue weighted by Gasteiger charge is 2.56. The predicted molar refractivity (Wildman–Crippen MR) is 107 cm³/mol. The molecule has 0 aromatic heterocycles. The highest BCUT2D eigenvalue weighted by molar-refractivity contribution is 7.89. The van der Waals surface area contributed by atoms with Crippen LogP contribution in [0.15, 0.2) is 18.2 Å². The Hall–Kier alpha value is -1.64. The van der Waals surface area contributed by atoms with Crippen molar-refractivity contribution in [2.75, 3.05) is 46.6 Å². The summed E-state index contributed by atoms with van der Waals surface area (Å²) in [6.45, 7) is 2.87. The number of hydrogen-bond acceptors (Lipinski definition) is 5. The number of piperidine rings is 1. The van der Waals surface area contributed by atoms with Gasteiger partial charge in [-0.05, 0) is 30.0 Å². The molecule has 3 heterocycles. The van der Waals surface area contributed by atoms with Gasteiger partial charge in [-0.2, -0.15) is 0 Å². The van der Waals surface area contributed by atoms with Gasteiger partial charge in [-0.3, -0.25) is 9.69 Å². The van der Waals surface area contributed by atoms with E-state index >= 15 is 0 Å². The number of likely N-dealkylation sites (tertiary alicyclic amines) is 1. The van der Waals surface area contributed by atoms with Crippen LogP contribution in [0, 0.1) is 5.41 Å². The monoisotopic (exact) mass is 407 g/mol. The number of carbonyl (C=O) groups is 1. The molecule has 28 heavy (non-hydrogen) atoms. The fourth-order valence-electron chi connectivity index (χ4n) is 5.08. The van der Waals surface area contributed by atoms with Gasteiger partial charge in [-0.1, -0.05) is 12.1 Å². The fraction of sp³-hybridized carbons (Fsp3) is 0.650. The topological polar surface area (TPSA) is 70.2 Å². The van der Waals surface area contributed by atoms with Crippen LogP contribution >= 0.6 is 0 Å². The molecule has 7 nitrogen and oxygen atoms in total. The second-order valence-corrected chi connectivity index (χ2v) is 10.6. The lowest BCUT2D eigenvalue weighted by molar-refractivity contribution is -0.148. The number of sulfonamides is 1. The van der Waals surface area contributed by atoms with Crippen molar-refractivity contribution in [1.29, 1.82) is 0 Å². The van der Waals surface area contributed by atoms with Crippen molar-refractivity contribution < 1.29 is 17.9 Å². The van der Waals surface area contributed by atoms with E-state index in [0.29, 0.717) is 19.4 Å². The molecule has 2 fully saturated rings. The SMILES string of the molecule is CN(C)C(=O)[C@]12CCS(=O)(=O)N(C)[C@@H]1CCN(Cc1ccc3c(c1)CCO3)C2. The van der Waals surface area contributed by atoms with Gasteiger partial charge in [0.05, 0.1) is 17.8 Å². The van der Waals surface area contributed by atoms with Gasteiger partial charge >= 0.3 is 0 Å². The molecular formula is C20H29N3O4S. The smallest absolute Gasteiger partial charge is 0.231 e. The van der Waals surface area contributed by atoms with Crippen LogP contribution in [0.1, 0.15) is 24.0 Å². The van der Waals surface area contributed by atoms with Crippen LogP contribution in [0.2, 0.25) is 0 Å². The zero-order valence-electron chi connectivity index (χ0n) is 16.8. The van der Waals surface area contributed by atoms with Crippen molar-refractivity contribution in [2.24, 2.45) is 5.41 Å². The molecule has 0 saturated carbocycles. The van der Waals surface area contributed by atoms with Crippen molar-refractivity contribution in [3.63, 3.8) is 0 Å². The molecule has 2 saturated heterocycles. The Morgan fingerprint density at radius 3 is 2.89 bits per heavy atom. The van der Waals surface area contributed by atoms with Gasteiger partial charge in [0.1, 0.15) is 5.75 Å². The first-order valence-electron chi connectivity index (χ1n) is 9.87. The number of nitrogens with zero attached hydrogens (tertiary/aromatic N) is 3. The van der Waals surface area contributed by atoms with Crippen LogP contribution in [-0.4, -0.2) is 81.1 Å². The van der Waals surface area contributed by atoms with Crippen LogP contribution in [0.5, 0.6) is 5.75 Å². The molecule has 0 N–H and O–H groups in total. The number of ether oxygens (including phenoxy) is 1. The zero-order chi connectivity index (χ0) is 20.1. The van der Waals surface area contributed by atoms with E-state index < -0.39 is 15.4 Å². The van der Waals surface area contributed by atoms with Crippen LogP contribution in [-0.2, 0) is 27.8 Å². The summed E-state index contributed by atoms with van der Waals surface area (Å²) in [5.74, 6) is 1.04. The Morgan fingerprint density at radius 1 is 1.36 bits per heavy atom. The van der Waals surface area contributed by atoms with E-state index in [1.165, 1.54) is 15.4 Å². The number of fused-ring (bicyclic) bond motifs is 2. The van der Waals surface area contributed by atoms with E-state index in [2.05, 4.69) is 17.0 Å². The van der Waals surface area contributed by atoms with Crippen LogP contribution in [0.4, 0.5) is 0 Å². The van der Waals surface area contributed by atoms with Crippen molar-refractivity contribution in [2.45, 2.75) is 31.8 Å². The summed E-state index contributed by atoms with van der Waals surface area (Å²) in [6.07, 6.45) is 2.00. The largest absolute Gasteiger partial charge is 0.493 e. The molecule has 1 amide bonds. The first-order valence-corrected chi connectivity index (χ1v) is 11.5. The van der Waals surface area contributed by atoms with Gasteiger partial charge < -0.3 is 9.64 Å². The van der Waals surface area contributed by atoms with Gasteiger partial charge in [0.15, 0.2) is 0 Å². The lowest BCUT2D eigenvalue weighted by Crippen LogP contribution is -2.66. The van der Waals surface area contributed by atoms with Gasteiger partial charge in [0.25, 0.3) is 0 Å². The summed E-state index contributed by atoms with van der Waals surface area (Å²) in [5.41, 5.74) is 1.78. The molecule has 154 valence electrons. The quantitative estimate of drug-likeness (QED) is 0.746. The van der Waals surface area contributed by atoms with Crippen molar-refractivity contribution in [3.8, 4) is 5.75 Å². The van der Waals surface area contributed by atoms with Crippen LogP contribution in [0.3, 0.4) is 0 Å². The number of hydrogen-bond donors (Lipinski definition) is 0. The van der Waals surface area contributed by atoms with Gasteiger partial charge in [0.2, 0.25) is 15.9 Å². The summed E-state index contributed by atoms with van der Waals surface area (Å²) >= 11 is 0. The van der Waals surface area contributed by atoms with Crippen LogP contribution < -0.4 is 4.74 Å². The van der Waals surface area contributed by atoms with Crippen LogP contribution in [0.25, 0.3) is 0 Å². The maximum absolute atomic E-state index is 13.2. The molecule has 4 rings (SSSR count). The normalized spacial score (nSPS) is 29.6. The zero-order valence-corrected chi connectivity index (χ0v) is 17.7. The van der Waals surface area contributed by atoms with E-state index in [1.807, 2.05) is 6.07 Å².